The standard InChI is InChI=1S/C36H32/c1-5-13-25(14-6-1)33-34(26-15-7-2-8-16-26)36(28-19-11-4-12-20-28)31-23-24-32(36)30-22-21-29(31)35(30,33)27-17-9-3-10-18-27/h1-20,29-32H,21-24H2. The number of allylic oxidation sites excluding steroid dienone is 2. The van der Waals surface area contributed by atoms with Crippen LogP contribution in [0.5, 0.6) is 0 Å². The van der Waals surface area contributed by atoms with Crippen LogP contribution in [0.3, 0.4) is 0 Å². The molecular weight excluding hydrogens is 432 g/mol. The molecule has 4 unspecified atom stereocenters. The third-order valence-corrected chi connectivity index (χ3v) is 10.6. The summed E-state index contributed by atoms with van der Waals surface area (Å²) in [4.78, 5) is 0. The first-order chi connectivity index (χ1) is 17.9. The Hall–Kier alpha value is -3.38. The van der Waals surface area contributed by atoms with Crippen LogP contribution in [0.15, 0.2) is 121 Å². The molecule has 0 amide bonds. The highest BCUT2D eigenvalue weighted by Crippen LogP contribution is 2.81. The molecule has 0 heteroatoms. The van der Waals surface area contributed by atoms with E-state index in [9.17, 15) is 0 Å². The summed E-state index contributed by atoms with van der Waals surface area (Å²) in [6.45, 7) is 0. The Morgan fingerprint density at radius 2 is 0.639 bits per heavy atom. The van der Waals surface area contributed by atoms with Gasteiger partial charge in [0.2, 0.25) is 0 Å². The molecule has 0 heterocycles. The molecule has 0 spiro atoms. The fourth-order valence-electron chi connectivity index (χ4n) is 9.96. The van der Waals surface area contributed by atoms with Crippen LogP contribution >= 0.6 is 0 Å². The van der Waals surface area contributed by atoms with E-state index < -0.39 is 0 Å². The minimum atomic E-state index is 0.0934. The number of benzene rings is 4. The molecule has 6 bridgehead atoms. The van der Waals surface area contributed by atoms with Gasteiger partial charge in [0.05, 0.1) is 0 Å². The molecule has 176 valence electrons. The Balaban J connectivity index is 1.59. The van der Waals surface area contributed by atoms with E-state index in [-0.39, 0.29) is 10.8 Å². The second kappa shape index (κ2) is 7.56. The maximum atomic E-state index is 2.46. The Bertz CT molecular complexity index is 1300. The normalized spacial score (nSPS) is 33.8. The molecule has 9 rings (SSSR count). The van der Waals surface area contributed by atoms with E-state index in [0.29, 0.717) is 23.7 Å². The van der Waals surface area contributed by atoms with E-state index in [0.717, 1.165) is 0 Å². The van der Waals surface area contributed by atoms with Gasteiger partial charge in [-0.2, -0.15) is 0 Å². The lowest BCUT2D eigenvalue weighted by Crippen LogP contribution is -2.61. The molecule has 0 aromatic heterocycles. The zero-order valence-corrected chi connectivity index (χ0v) is 20.7. The summed E-state index contributed by atoms with van der Waals surface area (Å²) < 4.78 is 0. The van der Waals surface area contributed by atoms with Crippen molar-refractivity contribution in [3.05, 3.63) is 144 Å². The van der Waals surface area contributed by atoms with Crippen molar-refractivity contribution >= 4 is 11.1 Å². The molecule has 0 radical (unpaired) electrons. The van der Waals surface area contributed by atoms with Crippen molar-refractivity contribution in [3.63, 3.8) is 0 Å². The molecule has 5 aliphatic carbocycles. The highest BCUT2D eigenvalue weighted by Gasteiger charge is 2.76. The molecule has 0 saturated heterocycles. The molecule has 0 aliphatic heterocycles. The SMILES string of the molecule is c1ccc(C2=C(c3ccccc3)C3(c4ccccc4)C4CCC3C3CCC4C23c2ccccc2)cc1. The Kier molecular flexibility index (Phi) is 4.36. The van der Waals surface area contributed by atoms with E-state index in [4.69, 9.17) is 0 Å². The zero-order chi connectivity index (χ0) is 23.7. The van der Waals surface area contributed by atoms with Gasteiger partial charge in [-0.05, 0) is 82.8 Å². The monoisotopic (exact) mass is 464 g/mol. The molecule has 4 aromatic rings. The van der Waals surface area contributed by atoms with Crippen LogP contribution < -0.4 is 0 Å². The van der Waals surface area contributed by atoms with Crippen LogP contribution in [-0.4, -0.2) is 0 Å². The van der Waals surface area contributed by atoms with Crippen molar-refractivity contribution < 1.29 is 0 Å². The van der Waals surface area contributed by atoms with Gasteiger partial charge in [0.1, 0.15) is 0 Å². The molecule has 5 aliphatic rings. The molecular formula is C36H32. The van der Waals surface area contributed by atoms with E-state index in [1.54, 1.807) is 22.3 Å². The molecule has 4 aromatic carbocycles. The lowest BCUT2D eigenvalue weighted by Gasteiger charge is -2.65. The molecule has 0 N–H and O–H groups in total. The largest absolute Gasteiger partial charge is 0.0622 e. The van der Waals surface area contributed by atoms with Crippen LogP contribution in [0.25, 0.3) is 11.1 Å². The van der Waals surface area contributed by atoms with Crippen molar-refractivity contribution in [1.82, 2.24) is 0 Å². The second-order valence-electron chi connectivity index (χ2n) is 11.5. The van der Waals surface area contributed by atoms with E-state index >= 15 is 0 Å². The number of rotatable bonds is 4. The average molecular weight is 465 g/mol. The predicted molar refractivity (Wildman–Crippen MR) is 148 cm³/mol. The first-order valence-corrected chi connectivity index (χ1v) is 13.8. The van der Waals surface area contributed by atoms with Gasteiger partial charge in [-0.1, -0.05) is 121 Å². The minimum absolute atomic E-state index is 0.0934. The average Bonchev–Trinajstić information content (AvgIpc) is 3.47. The van der Waals surface area contributed by atoms with Crippen LogP contribution in [0.2, 0.25) is 0 Å². The molecule has 3 saturated carbocycles. The van der Waals surface area contributed by atoms with Crippen molar-refractivity contribution in [1.29, 1.82) is 0 Å². The molecule has 3 fully saturated rings. The summed E-state index contributed by atoms with van der Waals surface area (Å²) in [5.74, 6) is 2.75. The number of hydrogen-bond donors (Lipinski definition) is 0. The smallest absolute Gasteiger partial charge is 0.0274 e. The molecule has 4 atom stereocenters. The Morgan fingerprint density at radius 1 is 0.361 bits per heavy atom. The fourth-order valence-corrected chi connectivity index (χ4v) is 9.96. The maximum Gasteiger partial charge on any atom is 0.0274 e. The van der Waals surface area contributed by atoms with Gasteiger partial charge in [0, 0.05) is 10.8 Å². The maximum absolute atomic E-state index is 2.46. The van der Waals surface area contributed by atoms with Crippen molar-refractivity contribution in [2.45, 2.75) is 36.5 Å². The minimum Gasteiger partial charge on any atom is -0.0622 e. The van der Waals surface area contributed by atoms with Gasteiger partial charge in [-0.25, -0.2) is 0 Å². The first-order valence-electron chi connectivity index (χ1n) is 13.8. The lowest BCUT2D eigenvalue weighted by molar-refractivity contribution is 0.0695. The van der Waals surface area contributed by atoms with E-state index in [1.807, 2.05) is 0 Å². The zero-order valence-electron chi connectivity index (χ0n) is 20.7. The van der Waals surface area contributed by atoms with Gasteiger partial charge in [0.15, 0.2) is 0 Å². The van der Waals surface area contributed by atoms with Crippen LogP contribution in [0.1, 0.15) is 47.9 Å². The van der Waals surface area contributed by atoms with Gasteiger partial charge < -0.3 is 0 Å². The van der Waals surface area contributed by atoms with Crippen LogP contribution in [-0.2, 0) is 10.8 Å². The van der Waals surface area contributed by atoms with E-state index in [2.05, 4.69) is 121 Å². The predicted octanol–water partition coefficient (Wildman–Crippen LogP) is 8.55. The summed E-state index contributed by atoms with van der Waals surface area (Å²) >= 11 is 0. The van der Waals surface area contributed by atoms with E-state index in [1.165, 1.54) is 36.8 Å². The first kappa shape index (κ1) is 20.8. The summed E-state index contributed by atoms with van der Waals surface area (Å²) in [5.41, 5.74) is 9.42. The number of hydrogen-bond acceptors (Lipinski definition) is 0. The van der Waals surface area contributed by atoms with Gasteiger partial charge in [-0.3, -0.25) is 0 Å². The lowest BCUT2D eigenvalue weighted by atomic mass is 9.37. The van der Waals surface area contributed by atoms with Gasteiger partial charge in [-0.15, -0.1) is 0 Å². The fraction of sp³-hybridized carbons (Fsp3) is 0.278. The van der Waals surface area contributed by atoms with Gasteiger partial charge >= 0.3 is 0 Å². The highest BCUT2D eigenvalue weighted by molar-refractivity contribution is 6.03. The summed E-state index contributed by atoms with van der Waals surface area (Å²) in [6.07, 6.45) is 5.42. The third kappa shape index (κ3) is 2.36. The Morgan fingerprint density at radius 3 is 0.944 bits per heavy atom. The second-order valence-corrected chi connectivity index (χ2v) is 11.5. The summed E-state index contributed by atoms with van der Waals surface area (Å²) in [6, 6.07) is 46.2. The van der Waals surface area contributed by atoms with Crippen molar-refractivity contribution in [2.75, 3.05) is 0 Å². The van der Waals surface area contributed by atoms with Crippen LogP contribution in [0.4, 0.5) is 0 Å². The topological polar surface area (TPSA) is 0 Å². The summed E-state index contributed by atoms with van der Waals surface area (Å²) in [5, 5.41) is 0. The quantitative estimate of drug-likeness (QED) is 0.284. The van der Waals surface area contributed by atoms with Crippen molar-refractivity contribution in [3.8, 4) is 0 Å². The molecule has 0 nitrogen and oxygen atoms in total. The highest BCUT2D eigenvalue weighted by atomic mass is 14.8. The summed E-state index contributed by atoms with van der Waals surface area (Å²) in [7, 11) is 0. The molecule has 36 heavy (non-hydrogen) atoms. The third-order valence-electron chi connectivity index (χ3n) is 10.6. The van der Waals surface area contributed by atoms with Crippen molar-refractivity contribution in [2.24, 2.45) is 23.7 Å². The van der Waals surface area contributed by atoms with Gasteiger partial charge in [0.25, 0.3) is 0 Å². The van der Waals surface area contributed by atoms with Crippen LogP contribution in [0, 0.1) is 23.7 Å². The Labute approximate surface area is 214 Å².